The van der Waals surface area contributed by atoms with E-state index in [0.29, 0.717) is 10.0 Å². The van der Waals surface area contributed by atoms with E-state index in [1.165, 1.54) is 16.6 Å². The number of anilines is 6. The van der Waals surface area contributed by atoms with Crippen molar-refractivity contribution in [2.45, 2.75) is 52.4 Å². The van der Waals surface area contributed by atoms with Crippen molar-refractivity contribution in [1.29, 1.82) is 0 Å². The molecule has 4 heterocycles. The lowest BCUT2D eigenvalue weighted by Crippen LogP contribution is -2.61. The number of benzene rings is 10. The summed E-state index contributed by atoms with van der Waals surface area (Å²) < 4.78 is 13.6. The Kier molecular flexibility index (Phi) is 10.2. The van der Waals surface area contributed by atoms with Gasteiger partial charge in [-0.05, 0) is 133 Å². The van der Waals surface area contributed by atoms with E-state index in [2.05, 4.69) is 233 Å². The Morgan fingerprint density at radius 1 is 0.373 bits per heavy atom. The van der Waals surface area contributed by atoms with Gasteiger partial charge >= 0.3 is 0 Å². The maximum Gasteiger partial charge on any atom is 0.252 e. The normalized spacial score (nSPS) is 13.3. The summed E-state index contributed by atoms with van der Waals surface area (Å²) in [5, 5.41) is 5.35. The molecule has 7 heteroatoms. The predicted octanol–water partition coefficient (Wildman–Crippen LogP) is 18.5. The highest BCUT2D eigenvalue weighted by molar-refractivity contribution is 7.00. The third-order valence-electron chi connectivity index (χ3n) is 15.7. The van der Waals surface area contributed by atoms with Gasteiger partial charge in [0.05, 0.1) is 22.1 Å². The second-order valence-corrected chi connectivity index (χ2v) is 23.2. The zero-order chi connectivity index (χ0) is 51.1. The lowest BCUT2D eigenvalue weighted by molar-refractivity contribution is 0.590. The Morgan fingerprint density at radius 2 is 0.947 bits per heavy atom. The van der Waals surface area contributed by atoms with E-state index < -0.39 is 0 Å². The van der Waals surface area contributed by atoms with Gasteiger partial charge < -0.3 is 18.6 Å². The van der Waals surface area contributed by atoms with E-state index in [1.807, 2.05) is 18.2 Å². The molecule has 0 saturated carbocycles. The highest BCUT2D eigenvalue weighted by Gasteiger charge is 2.45. The van der Waals surface area contributed by atoms with Gasteiger partial charge in [-0.15, -0.1) is 0 Å². The first-order valence-electron chi connectivity index (χ1n) is 25.8. The topological polar surface area (TPSA) is 32.8 Å². The van der Waals surface area contributed by atoms with Gasteiger partial charge in [-0.25, -0.2) is 0 Å². The number of para-hydroxylation sites is 2. The number of fused-ring (bicyclic) bond motifs is 10. The van der Waals surface area contributed by atoms with Gasteiger partial charge in [-0.1, -0.05) is 198 Å². The van der Waals surface area contributed by atoms with E-state index in [-0.39, 0.29) is 17.5 Å². The fraction of sp³-hybridized carbons (Fsp3) is 0.118. The van der Waals surface area contributed by atoms with Crippen LogP contribution in [0.4, 0.5) is 34.1 Å². The molecule has 0 fully saturated rings. The number of hydrogen-bond acceptors (Lipinski definition) is 4. The summed E-state index contributed by atoms with van der Waals surface area (Å²) in [7, 11) is 0. The summed E-state index contributed by atoms with van der Waals surface area (Å²) in [6.45, 7) is 13.4. The standard InChI is InChI=1S/C68H51BCl2N2O2/c1-67(2,3)45-26-23-41(24-27-45)49-29-32-61-64(51-20-11-13-22-60(51)74-61)66(49)73-54-34-43(42-17-14-18-46(33-42)68(4,5)6)25-30-52(54)69-53-31-28-47(70)37-55(53)72(57-38-48(71)39-58(73)65(57)69)56-35-44(40-15-8-7-9-16-40)36-62-63(56)50-19-10-12-21-59(50)75-62/h7-39H,1-6H3. The van der Waals surface area contributed by atoms with Crippen molar-refractivity contribution < 1.29 is 8.83 Å². The highest BCUT2D eigenvalue weighted by Crippen LogP contribution is 2.53. The molecule has 2 aliphatic rings. The summed E-state index contributed by atoms with van der Waals surface area (Å²) in [6, 6.07) is 72.1. The van der Waals surface area contributed by atoms with Crippen molar-refractivity contribution in [3.05, 3.63) is 221 Å². The largest absolute Gasteiger partial charge is 0.456 e. The van der Waals surface area contributed by atoms with Gasteiger partial charge in [0.25, 0.3) is 6.71 Å². The summed E-state index contributed by atoms with van der Waals surface area (Å²) in [4.78, 5) is 4.90. The molecule has 4 nitrogen and oxygen atoms in total. The molecule has 0 aliphatic carbocycles. The minimum Gasteiger partial charge on any atom is -0.456 e. The number of furan rings is 2. The first-order chi connectivity index (χ1) is 36.3. The molecule has 362 valence electrons. The predicted molar refractivity (Wildman–Crippen MR) is 319 cm³/mol. The van der Waals surface area contributed by atoms with Gasteiger partial charge in [0.15, 0.2) is 0 Å². The van der Waals surface area contributed by atoms with Crippen LogP contribution in [0.3, 0.4) is 0 Å². The van der Waals surface area contributed by atoms with Crippen LogP contribution in [0.15, 0.2) is 209 Å². The van der Waals surface area contributed by atoms with Gasteiger partial charge in [0.1, 0.15) is 22.3 Å². The molecule has 0 spiro atoms. The van der Waals surface area contributed by atoms with Crippen LogP contribution >= 0.6 is 23.2 Å². The SMILES string of the molecule is CC(C)(C)c1ccc(-c2ccc3oc4ccccc4c3c2N2c3cc(-c4cccc(C(C)(C)C)c4)ccc3B3c4ccc(Cl)cc4N(c4cc(-c5ccccc5)cc5oc6ccccc6c45)c4cc(Cl)cc2c43)cc1. The van der Waals surface area contributed by atoms with Crippen LogP contribution in [-0.2, 0) is 10.8 Å². The minimum absolute atomic E-state index is 0.0191. The van der Waals surface area contributed by atoms with Crippen LogP contribution in [0, 0.1) is 0 Å². The van der Waals surface area contributed by atoms with E-state index in [1.54, 1.807) is 0 Å². The molecule has 0 N–H and O–H groups in total. The number of hydrogen-bond donors (Lipinski definition) is 0. The summed E-state index contributed by atoms with van der Waals surface area (Å²) >= 11 is 14.9. The van der Waals surface area contributed by atoms with Crippen LogP contribution in [0.1, 0.15) is 52.7 Å². The molecule has 14 rings (SSSR count). The molecule has 0 atom stereocenters. The van der Waals surface area contributed by atoms with E-state index in [9.17, 15) is 0 Å². The summed E-state index contributed by atoms with van der Waals surface area (Å²) in [5.74, 6) is 0. The smallest absolute Gasteiger partial charge is 0.252 e. The molecular weight excluding hydrogens is 958 g/mol. The number of nitrogens with zero attached hydrogens (tertiary/aromatic N) is 2. The first kappa shape index (κ1) is 45.6. The first-order valence-corrected chi connectivity index (χ1v) is 26.6. The molecule has 10 aromatic carbocycles. The van der Waals surface area contributed by atoms with Crippen molar-refractivity contribution in [2.75, 3.05) is 9.80 Å². The van der Waals surface area contributed by atoms with Crippen molar-refractivity contribution in [2.24, 2.45) is 0 Å². The molecule has 2 aromatic heterocycles. The summed E-state index contributed by atoms with van der Waals surface area (Å²) in [5.41, 5.74) is 21.8. The monoisotopic (exact) mass is 1010 g/mol. The molecule has 0 saturated heterocycles. The van der Waals surface area contributed by atoms with E-state index >= 15 is 0 Å². The Hall–Kier alpha value is -7.96. The van der Waals surface area contributed by atoms with Crippen LogP contribution in [0.25, 0.3) is 77.3 Å². The van der Waals surface area contributed by atoms with Gasteiger partial charge in [-0.2, -0.15) is 0 Å². The molecule has 0 radical (unpaired) electrons. The fourth-order valence-corrected chi connectivity index (χ4v) is 12.4. The van der Waals surface area contributed by atoms with Gasteiger partial charge in [0.2, 0.25) is 0 Å². The molecule has 12 aromatic rings. The quantitative estimate of drug-likeness (QED) is 0.161. The molecule has 0 unspecified atom stereocenters. The van der Waals surface area contributed by atoms with E-state index in [4.69, 9.17) is 32.0 Å². The molecule has 2 aliphatic heterocycles. The minimum atomic E-state index is -0.208. The average molecular weight is 1010 g/mol. The average Bonchev–Trinajstić information content (AvgIpc) is 4.00. The van der Waals surface area contributed by atoms with Crippen molar-refractivity contribution in [1.82, 2.24) is 0 Å². The Bertz CT molecular complexity index is 4310. The number of halogens is 2. The third kappa shape index (κ3) is 7.27. The molecule has 0 bridgehead atoms. The zero-order valence-electron chi connectivity index (χ0n) is 42.6. The van der Waals surface area contributed by atoms with Crippen molar-refractivity contribution in [3.8, 4) is 33.4 Å². The molecule has 75 heavy (non-hydrogen) atoms. The maximum atomic E-state index is 7.72. The van der Waals surface area contributed by atoms with E-state index in [0.717, 1.165) is 122 Å². The Labute approximate surface area is 447 Å². The summed E-state index contributed by atoms with van der Waals surface area (Å²) in [6.07, 6.45) is 0. The second kappa shape index (κ2) is 16.8. The molecule has 0 amide bonds. The third-order valence-corrected chi connectivity index (χ3v) is 16.1. The van der Waals surface area contributed by atoms with Crippen LogP contribution in [0.2, 0.25) is 10.0 Å². The Morgan fingerprint density at radius 3 is 1.67 bits per heavy atom. The zero-order valence-corrected chi connectivity index (χ0v) is 44.1. The Balaban J connectivity index is 1.12. The number of rotatable bonds is 5. The van der Waals surface area contributed by atoms with Crippen LogP contribution in [-0.4, -0.2) is 6.71 Å². The second-order valence-electron chi connectivity index (χ2n) is 22.4. The van der Waals surface area contributed by atoms with Crippen LogP contribution < -0.4 is 26.2 Å². The van der Waals surface area contributed by atoms with Crippen molar-refractivity contribution >= 4 is 124 Å². The highest BCUT2D eigenvalue weighted by atomic mass is 35.5. The van der Waals surface area contributed by atoms with Crippen LogP contribution in [0.5, 0.6) is 0 Å². The lowest BCUT2D eigenvalue weighted by Gasteiger charge is -2.45. The lowest BCUT2D eigenvalue weighted by atomic mass is 9.33. The maximum absolute atomic E-state index is 7.72. The fourth-order valence-electron chi connectivity index (χ4n) is 12.0. The van der Waals surface area contributed by atoms with Crippen molar-refractivity contribution in [3.63, 3.8) is 0 Å². The van der Waals surface area contributed by atoms with Gasteiger partial charge in [-0.3, -0.25) is 0 Å². The molecular formula is C68H51BCl2N2O2. The van der Waals surface area contributed by atoms with Gasteiger partial charge in [0, 0.05) is 49.1 Å².